The third-order valence-electron chi connectivity index (χ3n) is 1.50. The predicted molar refractivity (Wildman–Crippen MR) is 34.9 cm³/mol. The molecule has 0 aromatic heterocycles. The van der Waals surface area contributed by atoms with E-state index in [9.17, 15) is 4.79 Å². The number of nitrogens with one attached hydrogen (secondary N) is 1. The Kier molecular flexibility index (Phi) is 1.71. The monoisotopic (exact) mass is 128 g/mol. The van der Waals surface area contributed by atoms with Gasteiger partial charge in [0.25, 0.3) is 0 Å². The minimum Gasteiger partial charge on any atom is -0.326 e. The summed E-state index contributed by atoms with van der Waals surface area (Å²) in [4.78, 5) is 12.7. The molecule has 1 amide bonds. The highest BCUT2D eigenvalue weighted by Gasteiger charge is 2.21. The summed E-state index contributed by atoms with van der Waals surface area (Å²) in [6, 6.07) is 0.340. The lowest BCUT2D eigenvalue weighted by Gasteiger charge is -2.18. The number of carbonyl (C=O) groups excluding carboxylic acids is 1. The molecule has 0 bridgehead atoms. The van der Waals surface area contributed by atoms with E-state index in [1.165, 1.54) is 0 Å². The van der Waals surface area contributed by atoms with Crippen LogP contribution in [0, 0.1) is 0 Å². The Bertz CT molecular complexity index is 122. The van der Waals surface area contributed by atoms with E-state index in [2.05, 4.69) is 5.32 Å². The number of amides is 1. The molecule has 3 nitrogen and oxygen atoms in total. The van der Waals surface area contributed by atoms with Gasteiger partial charge in [-0.15, -0.1) is 0 Å². The van der Waals surface area contributed by atoms with Gasteiger partial charge in [-0.2, -0.15) is 0 Å². The summed E-state index contributed by atoms with van der Waals surface area (Å²) >= 11 is 0. The van der Waals surface area contributed by atoms with Crippen molar-refractivity contribution in [3.05, 3.63) is 0 Å². The summed E-state index contributed by atoms with van der Waals surface area (Å²) in [5.41, 5.74) is 0. The number of nitrogens with zero attached hydrogens (tertiary/aromatic N) is 1. The van der Waals surface area contributed by atoms with Crippen LogP contribution in [0.4, 0.5) is 0 Å². The third-order valence-corrected chi connectivity index (χ3v) is 1.50. The number of rotatable bonds is 1. The fraction of sp³-hybridized carbons (Fsp3) is 0.833. The molecule has 52 valence electrons. The van der Waals surface area contributed by atoms with E-state index in [1.54, 1.807) is 0 Å². The zero-order valence-electron chi connectivity index (χ0n) is 5.85. The topological polar surface area (TPSA) is 32.3 Å². The maximum Gasteiger partial charge on any atom is 0.237 e. The summed E-state index contributed by atoms with van der Waals surface area (Å²) in [7, 11) is 0. The van der Waals surface area contributed by atoms with Crippen LogP contribution in [0.3, 0.4) is 0 Å². The summed E-state index contributed by atoms with van der Waals surface area (Å²) in [5, 5.41) is 2.98. The number of hydrogen-bond donors (Lipinski definition) is 1. The number of carbonyl (C=O) groups is 1. The molecule has 1 heterocycles. The Labute approximate surface area is 55.0 Å². The first-order chi connectivity index (χ1) is 4.22. The van der Waals surface area contributed by atoms with E-state index in [-0.39, 0.29) is 5.91 Å². The molecule has 9 heavy (non-hydrogen) atoms. The van der Waals surface area contributed by atoms with Crippen LogP contribution in [0.5, 0.6) is 0 Å². The van der Waals surface area contributed by atoms with Gasteiger partial charge in [-0.05, 0) is 13.8 Å². The van der Waals surface area contributed by atoms with Crippen molar-refractivity contribution in [2.75, 3.05) is 13.2 Å². The fourth-order valence-electron chi connectivity index (χ4n) is 0.944. The first-order valence-corrected chi connectivity index (χ1v) is 3.22. The van der Waals surface area contributed by atoms with Gasteiger partial charge in [-0.3, -0.25) is 10.1 Å². The first kappa shape index (κ1) is 6.55. The molecule has 1 N–H and O–H groups in total. The molecule has 1 aliphatic heterocycles. The maximum absolute atomic E-state index is 10.9. The highest BCUT2D eigenvalue weighted by atomic mass is 16.2. The molecular weight excluding hydrogens is 116 g/mol. The van der Waals surface area contributed by atoms with Crippen molar-refractivity contribution in [3.63, 3.8) is 0 Å². The zero-order valence-corrected chi connectivity index (χ0v) is 5.85. The van der Waals surface area contributed by atoms with Gasteiger partial charge in [-0.1, -0.05) is 0 Å². The molecular formula is C6H12N2O. The van der Waals surface area contributed by atoms with Crippen LogP contribution in [0.15, 0.2) is 0 Å². The van der Waals surface area contributed by atoms with E-state index in [0.717, 1.165) is 6.67 Å². The van der Waals surface area contributed by atoms with E-state index in [0.29, 0.717) is 12.6 Å². The van der Waals surface area contributed by atoms with Gasteiger partial charge in [0.05, 0.1) is 13.2 Å². The molecule has 1 fully saturated rings. The van der Waals surface area contributed by atoms with Crippen LogP contribution in [0.1, 0.15) is 13.8 Å². The molecule has 0 spiro atoms. The highest BCUT2D eigenvalue weighted by Crippen LogP contribution is 2.00. The summed E-state index contributed by atoms with van der Waals surface area (Å²) in [6.45, 7) is 5.27. The Morgan fingerprint density at radius 1 is 1.67 bits per heavy atom. The van der Waals surface area contributed by atoms with Crippen LogP contribution in [0.25, 0.3) is 0 Å². The zero-order chi connectivity index (χ0) is 6.85. The Morgan fingerprint density at radius 3 is 2.56 bits per heavy atom. The van der Waals surface area contributed by atoms with E-state index in [4.69, 9.17) is 0 Å². The summed E-state index contributed by atoms with van der Waals surface area (Å²) in [6.07, 6.45) is 0. The molecule has 0 unspecified atom stereocenters. The van der Waals surface area contributed by atoms with E-state index in [1.807, 2.05) is 18.7 Å². The third kappa shape index (κ3) is 1.21. The lowest BCUT2D eigenvalue weighted by atomic mass is 10.3. The first-order valence-electron chi connectivity index (χ1n) is 3.22. The number of hydrogen-bond acceptors (Lipinski definition) is 2. The van der Waals surface area contributed by atoms with Gasteiger partial charge in [0.1, 0.15) is 0 Å². The lowest BCUT2D eigenvalue weighted by molar-refractivity contribution is -0.127. The molecule has 0 atom stereocenters. The molecule has 1 aliphatic rings. The van der Waals surface area contributed by atoms with Gasteiger partial charge >= 0.3 is 0 Å². The largest absolute Gasteiger partial charge is 0.326 e. The average molecular weight is 128 g/mol. The molecule has 0 aromatic rings. The Balaban J connectivity index is 2.49. The van der Waals surface area contributed by atoms with E-state index < -0.39 is 0 Å². The standard InChI is InChI=1S/C6H12N2O/c1-5(2)8-4-7-3-6(8)9/h5,7H,3-4H2,1-2H3. The lowest BCUT2D eigenvalue weighted by Crippen LogP contribution is -2.32. The van der Waals surface area contributed by atoms with E-state index >= 15 is 0 Å². The molecule has 0 aromatic carbocycles. The second-order valence-electron chi connectivity index (χ2n) is 2.54. The van der Waals surface area contributed by atoms with Crippen LogP contribution in [-0.4, -0.2) is 30.1 Å². The van der Waals surface area contributed by atoms with Gasteiger partial charge in [-0.25, -0.2) is 0 Å². The van der Waals surface area contributed by atoms with Crippen LogP contribution in [0.2, 0.25) is 0 Å². The van der Waals surface area contributed by atoms with Crippen LogP contribution < -0.4 is 5.32 Å². The molecule has 1 rings (SSSR count). The SMILES string of the molecule is CC(C)N1CNCC1=O. The van der Waals surface area contributed by atoms with Crippen molar-refractivity contribution in [3.8, 4) is 0 Å². The van der Waals surface area contributed by atoms with Gasteiger partial charge < -0.3 is 4.90 Å². The molecule has 0 radical (unpaired) electrons. The fourth-order valence-corrected chi connectivity index (χ4v) is 0.944. The van der Waals surface area contributed by atoms with Gasteiger partial charge in [0.2, 0.25) is 5.91 Å². The molecule has 3 heteroatoms. The van der Waals surface area contributed by atoms with Crippen molar-refractivity contribution in [2.45, 2.75) is 19.9 Å². The van der Waals surface area contributed by atoms with Crippen molar-refractivity contribution >= 4 is 5.91 Å². The van der Waals surface area contributed by atoms with Crippen molar-refractivity contribution in [1.29, 1.82) is 0 Å². The predicted octanol–water partition coefficient (Wildman–Crippen LogP) is -0.216. The van der Waals surface area contributed by atoms with Gasteiger partial charge in [0, 0.05) is 6.04 Å². The van der Waals surface area contributed by atoms with Gasteiger partial charge in [0.15, 0.2) is 0 Å². The summed E-state index contributed by atoms with van der Waals surface area (Å²) < 4.78 is 0. The minimum absolute atomic E-state index is 0.213. The highest BCUT2D eigenvalue weighted by molar-refractivity contribution is 5.80. The van der Waals surface area contributed by atoms with Crippen molar-refractivity contribution in [1.82, 2.24) is 10.2 Å². The second kappa shape index (κ2) is 2.35. The summed E-state index contributed by atoms with van der Waals surface area (Å²) in [5.74, 6) is 0.213. The minimum atomic E-state index is 0.213. The van der Waals surface area contributed by atoms with Crippen molar-refractivity contribution < 1.29 is 4.79 Å². The molecule has 1 saturated heterocycles. The van der Waals surface area contributed by atoms with Crippen LogP contribution in [-0.2, 0) is 4.79 Å². The van der Waals surface area contributed by atoms with Crippen LogP contribution >= 0.6 is 0 Å². The Hall–Kier alpha value is -0.570. The molecule has 0 aliphatic carbocycles. The maximum atomic E-state index is 10.9. The molecule has 0 saturated carbocycles. The van der Waals surface area contributed by atoms with Crippen molar-refractivity contribution in [2.24, 2.45) is 0 Å². The smallest absolute Gasteiger partial charge is 0.237 e. The second-order valence-corrected chi connectivity index (χ2v) is 2.54. The normalized spacial score (nSPS) is 19.9. The quantitative estimate of drug-likeness (QED) is 0.529. The average Bonchev–Trinajstić information content (AvgIpc) is 2.13. The Morgan fingerprint density at radius 2 is 2.33 bits per heavy atom.